The van der Waals surface area contributed by atoms with E-state index in [4.69, 9.17) is 10.3 Å². The average Bonchev–Trinajstić information content (AvgIpc) is 3.05. The predicted octanol–water partition coefficient (Wildman–Crippen LogP) is 3.25. The maximum atomic E-state index is 14.0. The molecule has 0 saturated heterocycles. The van der Waals surface area contributed by atoms with E-state index in [2.05, 4.69) is 5.16 Å². The summed E-state index contributed by atoms with van der Waals surface area (Å²) in [6.07, 6.45) is -0.157. The third kappa shape index (κ3) is 3.59. The second-order valence-corrected chi connectivity index (χ2v) is 5.64. The highest BCUT2D eigenvalue weighted by molar-refractivity contribution is 5.99. The Balaban J connectivity index is 1.85. The topological polar surface area (TPSA) is 89.4 Å². The number of rotatable bonds is 6. The monoisotopic (exact) mass is 340 g/mol. The van der Waals surface area contributed by atoms with Gasteiger partial charge >= 0.3 is 0 Å². The number of nitrogens with zero attached hydrogens (tertiary/aromatic N) is 1. The summed E-state index contributed by atoms with van der Waals surface area (Å²) in [5.41, 5.74) is 6.48. The number of aliphatic hydroxyl groups is 1. The normalized spacial score (nSPS) is 12.1. The molecule has 1 heterocycles. The molecule has 0 aliphatic carbocycles. The molecule has 0 saturated carbocycles. The summed E-state index contributed by atoms with van der Waals surface area (Å²) in [4.78, 5) is 11.8. The fourth-order valence-electron chi connectivity index (χ4n) is 2.70. The number of carbonyl (C=O) groups excluding carboxylic acids is 1. The molecule has 3 rings (SSSR count). The van der Waals surface area contributed by atoms with Crippen molar-refractivity contribution in [3.8, 4) is 11.3 Å². The lowest BCUT2D eigenvalue weighted by molar-refractivity contribution is 0.0997. The molecule has 3 aromatic rings. The highest BCUT2D eigenvalue weighted by Crippen LogP contribution is 2.29. The molecule has 3 N–H and O–H groups in total. The van der Waals surface area contributed by atoms with Crippen LogP contribution in [0, 0.1) is 5.82 Å². The van der Waals surface area contributed by atoms with Crippen LogP contribution in [-0.2, 0) is 6.42 Å². The largest absolute Gasteiger partial charge is 0.388 e. The molecule has 0 bridgehead atoms. The number of benzene rings is 2. The standard InChI is InChI=1S/C19H17FN2O3/c20-14-9-5-4-8-13(14)18-17(19(21)24)16(25-22-18)11-10-15(23)12-6-2-1-3-7-12/h1-9,15,23H,10-11H2,(H2,21,24). The third-order valence-corrected chi connectivity index (χ3v) is 3.97. The molecule has 25 heavy (non-hydrogen) atoms. The summed E-state index contributed by atoms with van der Waals surface area (Å²) in [5, 5.41) is 14.1. The highest BCUT2D eigenvalue weighted by Gasteiger charge is 2.24. The molecule has 5 nitrogen and oxygen atoms in total. The Labute approximate surface area is 143 Å². The number of hydrogen-bond acceptors (Lipinski definition) is 4. The van der Waals surface area contributed by atoms with Crippen LogP contribution in [0.3, 0.4) is 0 Å². The Morgan fingerprint density at radius 3 is 2.52 bits per heavy atom. The van der Waals surface area contributed by atoms with Crippen molar-refractivity contribution in [3.63, 3.8) is 0 Å². The molecule has 1 amide bonds. The minimum Gasteiger partial charge on any atom is -0.388 e. The third-order valence-electron chi connectivity index (χ3n) is 3.97. The second kappa shape index (κ2) is 7.27. The molecular weight excluding hydrogens is 323 g/mol. The lowest BCUT2D eigenvalue weighted by atomic mass is 10.00. The molecule has 2 aromatic carbocycles. The SMILES string of the molecule is NC(=O)c1c(-c2ccccc2F)noc1CCC(O)c1ccccc1. The highest BCUT2D eigenvalue weighted by atomic mass is 19.1. The van der Waals surface area contributed by atoms with Crippen molar-refractivity contribution in [2.45, 2.75) is 18.9 Å². The minimum atomic E-state index is -0.747. The molecule has 128 valence electrons. The summed E-state index contributed by atoms with van der Waals surface area (Å²) in [5.74, 6) is -1.03. The zero-order valence-corrected chi connectivity index (χ0v) is 13.4. The van der Waals surface area contributed by atoms with E-state index in [9.17, 15) is 14.3 Å². The number of nitrogens with two attached hydrogens (primary N) is 1. The first-order chi connectivity index (χ1) is 12.1. The number of hydrogen-bond donors (Lipinski definition) is 2. The van der Waals surface area contributed by atoms with Gasteiger partial charge in [-0.3, -0.25) is 4.79 Å². The first-order valence-corrected chi connectivity index (χ1v) is 7.84. The van der Waals surface area contributed by atoms with E-state index < -0.39 is 17.8 Å². The van der Waals surface area contributed by atoms with E-state index >= 15 is 0 Å². The van der Waals surface area contributed by atoms with Gasteiger partial charge in [-0.1, -0.05) is 47.6 Å². The molecule has 0 aliphatic heterocycles. The van der Waals surface area contributed by atoms with Crippen molar-refractivity contribution in [1.29, 1.82) is 0 Å². The van der Waals surface area contributed by atoms with Crippen LogP contribution < -0.4 is 5.73 Å². The average molecular weight is 340 g/mol. The lowest BCUT2D eigenvalue weighted by Gasteiger charge is -2.09. The fraction of sp³-hybridized carbons (Fsp3) is 0.158. The van der Waals surface area contributed by atoms with Crippen molar-refractivity contribution in [2.24, 2.45) is 5.73 Å². The van der Waals surface area contributed by atoms with Gasteiger partial charge in [0, 0.05) is 12.0 Å². The van der Waals surface area contributed by atoms with Crippen molar-refractivity contribution in [1.82, 2.24) is 5.16 Å². The van der Waals surface area contributed by atoms with Crippen LogP contribution in [0.15, 0.2) is 59.1 Å². The van der Waals surface area contributed by atoms with Gasteiger partial charge in [-0.15, -0.1) is 0 Å². The molecular formula is C19H17FN2O3. The maximum Gasteiger partial charge on any atom is 0.254 e. The fourth-order valence-corrected chi connectivity index (χ4v) is 2.70. The number of amides is 1. The first kappa shape index (κ1) is 16.9. The summed E-state index contributed by atoms with van der Waals surface area (Å²) in [6, 6.07) is 15.1. The van der Waals surface area contributed by atoms with E-state index in [1.807, 2.05) is 30.3 Å². The van der Waals surface area contributed by atoms with Gasteiger partial charge in [0.15, 0.2) is 0 Å². The summed E-state index contributed by atoms with van der Waals surface area (Å²) >= 11 is 0. The van der Waals surface area contributed by atoms with E-state index in [-0.39, 0.29) is 29.0 Å². The first-order valence-electron chi connectivity index (χ1n) is 7.84. The van der Waals surface area contributed by atoms with E-state index in [1.165, 1.54) is 12.1 Å². The molecule has 6 heteroatoms. The molecule has 1 aromatic heterocycles. The zero-order chi connectivity index (χ0) is 17.8. The number of aliphatic hydroxyl groups excluding tert-OH is 1. The number of halogens is 1. The zero-order valence-electron chi connectivity index (χ0n) is 13.4. The molecule has 1 atom stereocenters. The van der Waals surface area contributed by atoms with Crippen LogP contribution in [0.1, 0.15) is 34.2 Å². The quantitative estimate of drug-likeness (QED) is 0.721. The van der Waals surface area contributed by atoms with Crippen molar-refractivity contribution in [2.75, 3.05) is 0 Å². The van der Waals surface area contributed by atoms with Gasteiger partial charge in [-0.2, -0.15) is 0 Å². The predicted molar refractivity (Wildman–Crippen MR) is 90.1 cm³/mol. The number of aryl methyl sites for hydroxylation is 1. The van der Waals surface area contributed by atoms with Gasteiger partial charge in [0.2, 0.25) is 0 Å². The van der Waals surface area contributed by atoms with Crippen molar-refractivity contribution in [3.05, 3.63) is 77.3 Å². The van der Waals surface area contributed by atoms with Crippen LogP contribution in [0.2, 0.25) is 0 Å². The molecule has 1 unspecified atom stereocenters. The number of aromatic nitrogens is 1. The number of primary amides is 1. The van der Waals surface area contributed by atoms with E-state index in [1.54, 1.807) is 12.1 Å². The van der Waals surface area contributed by atoms with E-state index in [0.29, 0.717) is 6.42 Å². The molecule has 0 spiro atoms. The van der Waals surface area contributed by atoms with Crippen LogP contribution in [0.5, 0.6) is 0 Å². The van der Waals surface area contributed by atoms with Crippen molar-refractivity contribution < 1.29 is 18.8 Å². The number of carbonyl (C=O) groups is 1. The Morgan fingerprint density at radius 2 is 1.84 bits per heavy atom. The minimum absolute atomic E-state index is 0.0466. The van der Waals surface area contributed by atoms with Crippen LogP contribution >= 0.6 is 0 Å². The Bertz CT molecular complexity index is 877. The summed E-state index contributed by atoms with van der Waals surface area (Å²) in [6.45, 7) is 0. The Morgan fingerprint density at radius 1 is 1.16 bits per heavy atom. The smallest absolute Gasteiger partial charge is 0.254 e. The van der Waals surface area contributed by atoms with Gasteiger partial charge in [0.1, 0.15) is 22.8 Å². The van der Waals surface area contributed by atoms with Crippen LogP contribution in [0.4, 0.5) is 4.39 Å². The molecule has 0 fully saturated rings. The van der Waals surface area contributed by atoms with Gasteiger partial charge < -0.3 is 15.4 Å². The van der Waals surface area contributed by atoms with E-state index in [0.717, 1.165) is 5.56 Å². The Hall–Kier alpha value is -2.99. The van der Waals surface area contributed by atoms with Crippen LogP contribution in [-0.4, -0.2) is 16.2 Å². The molecule has 0 radical (unpaired) electrons. The maximum absolute atomic E-state index is 14.0. The van der Waals surface area contributed by atoms with Crippen LogP contribution in [0.25, 0.3) is 11.3 Å². The summed E-state index contributed by atoms with van der Waals surface area (Å²) in [7, 11) is 0. The second-order valence-electron chi connectivity index (χ2n) is 5.64. The molecule has 0 aliphatic rings. The Kier molecular flexibility index (Phi) is 4.90. The summed E-state index contributed by atoms with van der Waals surface area (Å²) < 4.78 is 19.2. The van der Waals surface area contributed by atoms with Gasteiger partial charge in [-0.05, 0) is 24.1 Å². The van der Waals surface area contributed by atoms with Gasteiger partial charge in [0.05, 0.1) is 6.10 Å². The lowest BCUT2D eigenvalue weighted by Crippen LogP contribution is -2.14. The van der Waals surface area contributed by atoms with Crippen molar-refractivity contribution >= 4 is 5.91 Å². The van der Waals surface area contributed by atoms with Gasteiger partial charge in [0.25, 0.3) is 5.91 Å². The van der Waals surface area contributed by atoms with Gasteiger partial charge in [-0.25, -0.2) is 4.39 Å².